The molecule has 146 valence electrons. The van der Waals surface area contributed by atoms with Crippen molar-refractivity contribution in [1.82, 2.24) is 25.1 Å². The molecule has 1 aromatic carbocycles. The van der Waals surface area contributed by atoms with Crippen LogP contribution in [-0.2, 0) is 6.54 Å². The van der Waals surface area contributed by atoms with Crippen LogP contribution in [0.1, 0.15) is 5.76 Å². The summed E-state index contributed by atoms with van der Waals surface area (Å²) in [5, 5.41) is 26.6. The first-order valence-corrected chi connectivity index (χ1v) is 8.52. The number of nitrogens with zero attached hydrogens (tertiary/aromatic N) is 6. The molecule has 0 amide bonds. The van der Waals surface area contributed by atoms with Crippen molar-refractivity contribution in [3.63, 3.8) is 0 Å². The van der Waals surface area contributed by atoms with Gasteiger partial charge in [0, 0.05) is 11.6 Å². The fourth-order valence-corrected chi connectivity index (χ4v) is 2.80. The van der Waals surface area contributed by atoms with E-state index in [0.717, 1.165) is 6.20 Å². The molecule has 1 aliphatic heterocycles. The lowest BCUT2D eigenvalue weighted by molar-refractivity contribution is -0.385. The molecule has 0 spiro atoms. The highest BCUT2D eigenvalue weighted by atomic mass is 16.6. The summed E-state index contributed by atoms with van der Waals surface area (Å²) in [5.74, 6) is 2.18. The minimum Gasteiger partial charge on any atom is -0.486 e. The molecule has 12 heteroatoms. The number of ether oxygens (including phenoxy) is 2. The maximum absolute atomic E-state index is 10.7. The van der Waals surface area contributed by atoms with E-state index in [2.05, 4.69) is 20.5 Å². The van der Waals surface area contributed by atoms with Crippen LogP contribution in [0.5, 0.6) is 11.5 Å². The third-order valence-electron chi connectivity index (χ3n) is 4.14. The molecule has 0 saturated heterocycles. The molecular weight excluding hydrogens is 384 g/mol. The van der Waals surface area contributed by atoms with E-state index < -0.39 is 4.92 Å². The van der Waals surface area contributed by atoms with Gasteiger partial charge in [0.15, 0.2) is 23.0 Å². The second kappa shape index (κ2) is 6.74. The summed E-state index contributed by atoms with van der Waals surface area (Å²) in [6.07, 6.45) is 2.46. The minimum atomic E-state index is -0.521. The van der Waals surface area contributed by atoms with Crippen LogP contribution < -0.4 is 9.47 Å². The van der Waals surface area contributed by atoms with Gasteiger partial charge in [0.1, 0.15) is 32.2 Å². The van der Waals surface area contributed by atoms with Gasteiger partial charge < -0.3 is 18.4 Å². The molecule has 5 rings (SSSR count). The zero-order valence-corrected chi connectivity index (χ0v) is 14.7. The van der Waals surface area contributed by atoms with Gasteiger partial charge in [-0.05, 0) is 18.2 Å². The van der Waals surface area contributed by atoms with Crippen molar-refractivity contribution < 1.29 is 23.3 Å². The van der Waals surface area contributed by atoms with Crippen LogP contribution in [0.4, 0.5) is 5.69 Å². The average Bonchev–Trinajstić information content (AvgIpc) is 3.48. The zero-order chi connectivity index (χ0) is 19.8. The third-order valence-corrected chi connectivity index (χ3v) is 4.14. The Hall–Kier alpha value is -4.22. The standard InChI is InChI=1S/C17H12N6O6/c24-23(25)11-7-18-22(8-11)9-12-6-13(21-29-12)17-20-19-16(28-17)10-1-2-14-15(5-10)27-4-3-26-14/h1-2,5-8H,3-4,9H2. The van der Waals surface area contributed by atoms with Crippen molar-refractivity contribution in [2.75, 3.05) is 13.2 Å². The molecule has 12 nitrogen and oxygen atoms in total. The summed E-state index contributed by atoms with van der Waals surface area (Å²) in [7, 11) is 0. The number of hydrogen-bond acceptors (Lipinski definition) is 10. The van der Waals surface area contributed by atoms with Crippen LogP contribution in [0.2, 0.25) is 0 Å². The molecular formula is C17H12N6O6. The maximum Gasteiger partial charge on any atom is 0.307 e. The normalized spacial score (nSPS) is 12.8. The first-order valence-electron chi connectivity index (χ1n) is 8.52. The van der Waals surface area contributed by atoms with E-state index in [1.807, 2.05) is 0 Å². The Bertz CT molecular complexity index is 1190. The van der Waals surface area contributed by atoms with Crippen LogP contribution in [0, 0.1) is 10.1 Å². The van der Waals surface area contributed by atoms with Crippen LogP contribution >= 0.6 is 0 Å². The molecule has 0 radical (unpaired) electrons. The molecule has 1 aliphatic rings. The number of aromatic nitrogens is 5. The molecule has 29 heavy (non-hydrogen) atoms. The maximum atomic E-state index is 10.7. The number of rotatable bonds is 5. The molecule has 0 fully saturated rings. The van der Waals surface area contributed by atoms with Crippen molar-refractivity contribution in [3.8, 4) is 34.5 Å². The molecule has 4 aromatic rings. The van der Waals surface area contributed by atoms with Gasteiger partial charge >= 0.3 is 5.69 Å². The van der Waals surface area contributed by atoms with E-state index in [1.54, 1.807) is 24.3 Å². The van der Waals surface area contributed by atoms with E-state index in [0.29, 0.717) is 47.6 Å². The fourth-order valence-electron chi connectivity index (χ4n) is 2.80. The van der Waals surface area contributed by atoms with Crippen molar-refractivity contribution in [2.45, 2.75) is 6.54 Å². The quantitative estimate of drug-likeness (QED) is 0.364. The topological polar surface area (TPSA) is 144 Å². The lowest BCUT2D eigenvalue weighted by Gasteiger charge is -2.18. The number of fused-ring (bicyclic) bond motifs is 1. The Morgan fingerprint density at radius 3 is 2.76 bits per heavy atom. The molecule has 0 bridgehead atoms. The molecule has 0 saturated carbocycles. The van der Waals surface area contributed by atoms with E-state index in [9.17, 15) is 10.1 Å². The van der Waals surface area contributed by atoms with Crippen LogP contribution in [0.15, 0.2) is 45.6 Å². The average molecular weight is 396 g/mol. The van der Waals surface area contributed by atoms with Crippen LogP contribution in [0.3, 0.4) is 0 Å². The molecule has 0 aliphatic carbocycles. The second-order valence-corrected chi connectivity index (χ2v) is 6.10. The Morgan fingerprint density at radius 2 is 1.93 bits per heavy atom. The fraction of sp³-hybridized carbons (Fsp3) is 0.176. The van der Waals surface area contributed by atoms with E-state index in [1.165, 1.54) is 10.9 Å². The zero-order valence-electron chi connectivity index (χ0n) is 14.7. The predicted molar refractivity (Wildman–Crippen MR) is 94.2 cm³/mol. The van der Waals surface area contributed by atoms with Gasteiger partial charge in [0.25, 0.3) is 5.89 Å². The Kier molecular flexibility index (Phi) is 3.93. The van der Waals surface area contributed by atoms with Gasteiger partial charge in [0.2, 0.25) is 5.89 Å². The van der Waals surface area contributed by atoms with Gasteiger partial charge in [-0.2, -0.15) is 5.10 Å². The van der Waals surface area contributed by atoms with Gasteiger partial charge in [-0.25, -0.2) is 0 Å². The summed E-state index contributed by atoms with van der Waals surface area (Å²) in [6.45, 7) is 1.16. The van der Waals surface area contributed by atoms with Crippen molar-refractivity contribution in [3.05, 3.63) is 52.5 Å². The highest BCUT2D eigenvalue weighted by molar-refractivity contribution is 5.61. The van der Waals surface area contributed by atoms with Gasteiger partial charge in [-0.1, -0.05) is 5.16 Å². The van der Waals surface area contributed by atoms with Crippen LogP contribution in [0.25, 0.3) is 23.0 Å². The van der Waals surface area contributed by atoms with Crippen molar-refractivity contribution in [2.24, 2.45) is 0 Å². The Balaban J connectivity index is 1.35. The predicted octanol–water partition coefficient (Wildman–Crippen LogP) is 2.32. The van der Waals surface area contributed by atoms with Crippen molar-refractivity contribution >= 4 is 5.69 Å². The SMILES string of the molecule is O=[N+]([O-])c1cnn(Cc2cc(-c3nnc(-c4ccc5c(c4)OCCO5)o3)no2)c1. The van der Waals surface area contributed by atoms with Gasteiger partial charge in [-0.15, -0.1) is 10.2 Å². The molecule has 0 atom stereocenters. The smallest absolute Gasteiger partial charge is 0.307 e. The van der Waals surface area contributed by atoms with E-state index >= 15 is 0 Å². The Labute approximate surface area is 161 Å². The van der Waals surface area contributed by atoms with E-state index in [-0.39, 0.29) is 18.1 Å². The van der Waals surface area contributed by atoms with Gasteiger partial charge in [-0.3, -0.25) is 14.8 Å². The third kappa shape index (κ3) is 3.26. The van der Waals surface area contributed by atoms with Gasteiger partial charge in [0.05, 0.1) is 4.92 Å². The highest BCUT2D eigenvalue weighted by Gasteiger charge is 2.18. The molecule has 3 aromatic heterocycles. The van der Waals surface area contributed by atoms with Crippen LogP contribution in [-0.4, -0.2) is 43.3 Å². The lowest BCUT2D eigenvalue weighted by Crippen LogP contribution is -2.15. The first-order chi connectivity index (χ1) is 14.2. The number of benzene rings is 1. The van der Waals surface area contributed by atoms with E-state index in [4.69, 9.17) is 18.4 Å². The first kappa shape index (κ1) is 16.9. The minimum absolute atomic E-state index is 0.106. The number of nitro groups is 1. The number of hydrogen-bond donors (Lipinski definition) is 0. The summed E-state index contributed by atoms with van der Waals surface area (Å²) in [6, 6.07) is 6.95. The summed E-state index contributed by atoms with van der Waals surface area (Å²) >= 11 is 0. The second-order valence-electron chi connectivity index (χ2n) is 6.10. The monoisotopic (exact) mass is 396 g/mol. The summed E-state index contributed by atoms with van der Waals surface area (Å²) in [5.41, 5.74) is 0.921. The lowest BCUT2D eigenvalue weighted by atomic mass is 10.2. The summed E-state index contributed by atoms with van der Waals surface area (Å²) < 4.78 is 23.4. The Morgan fingerprint density at radius 1 is 1.10 bits per heavy atom. The molecule has 0 N–H and O–H groups in total. The molecule has 4 heterocycles. The van der Waals surface area contributed by atoms with Crippen molar-refractivity contribution in [1.29, 1.82) is 0 Å². The summed E-state index contributed by atoms with van der Waals surface area (Å²) in [4.78, 5) is 10.2. The largest absolute Gasteiger partial charge is 0.486 e. The molecule has 0 unspecified atom stereocenters. The highest BCUT2D eigenvalue weighted by Crippen LogP contribution is 2.34.